The number of hydrogen-bond donors (Lipinski definition) is 1. The molecule has 102 valence electrons. The highest BCUT2D eigenvalue weighted by Gasteiger charge is 2.40. The Kier molecular flexibility index (Phi) is 5.38. The summed E-state index contributed by atoms with van der Waals surface area (Å²) in [5.41, 5.74) is 0. The van der Waals surface area contributed by atoms with E-state index in [1.165, 1.54) is 0 Å². The third-order valence-electron chi connectivity index (χ3n) is 3.29. The van der Waals surface area contributed by atoms with Gasteiger partial charge in [0.1, 0.15) is 12.1 Å². The maximum Gasteiger partial charge on any atom is 0.245 e. The van der Waals surface area contributed by atoms with E-state index < -0.39 is 0 Å². The van der Waals surface area contributed by atoms with Crippen LogP contribution in [0.1, 0.15) is 40.0 Å². The summed E-state index contributed by atoms with van der Waals surface area (Å²) in [5.74, 6) is 0.158. The zero-order valence-electron chi connectivity index (χ0n) is 11.6. The number of rotatable bonds is 6. The van der Waals surface area contributed by atoms with E-state index in [0.717, 1.165) is 12.8 Å². The first-order valence-electron chi connectivity index (χ1n) is 6.74. The van der Waals surface area contributed by atoms with Gasteiger partial charge in [-0.25, -0.2) is 0 Å². The molecule has 0 aromatic heterocycles. The average molecular weight is 252 g/mol. The smallest absolute Gasteiger partial charge is 0.245 e. The predicted octanol–water partition coefficient (Wildman–Crippen LogP) is 1.71. The van der Waals surface area contributed by atoms with Crippen LogP contribution in [0.15, 0.2) is 12.7 Å². The van der Waals surface area contributed by atoms with Crippen molar-refractivity contribution in [1.29, 1.82) is 0 Å². The zero-order valence-corrected chi connectivity index (χ0v) is 11.6. The number of carbonyl (C=O) groups is 2. The molecule has 4 heteroatoms. The summed E-state index contributed by atoms with van der Waals surface area (Å²) in [4.78, 5) is 26.2. The average Bonchev–Trinajstić information content (AvgIpc) is 2.31. The number of piperazine rings is 1. The maximum atomic E-state index is 12.4. The summed E-state index contributed by atoms with van der Waals surface area (Å²) in [6, 6.07) is -0.687. The molecule has 1 heterocycles. The van der Waals surface area contributed by atoms with E-state index in [4.69, 9.17) is 0 Å². The molecule has 1 rings (SSSR count). The lowest BCUT2D eigenvalue weighted by Crippen LogP contribution is -2.64. The minimum atomic E-state index is -0.345. The molecule has 1 N–H and O–H groups in total. The molecule has 0 aliphatic carbocycles. The number of amides is 2. The molecule has 2 amide bonds. The Morgan fingerprint density at radius 1 is 1.44 bits per heavy atom. The van der Waals surface area contributed by atoms with Gasteiger partial charge < -0.3 is 10.2 Å². The zero-order chi connectivity index (χ0) is 13.7. The van der Waals surface area contributed by atoms with Crippen molar-refractivity contribution in [2.45, 2.75) is 52.1 Å². The van der Waals surface area contributed by atoms with Gasteiger partial charge in [0.25, 0.3) is 0 Å². The first kappa shape index (κ1) is 14.7. The van der Waals surface area contributed by atoms with Crippen molar-refractivity contribution in [2.24, 2.45) is 5.92 Å². The minimum Gasteiger partial charge on any atom is -0.342 e. The van der Waals surface area contributed by atoms with Gasteiger partial charge in [0.05, 0.1) is 0 Å². The number of nitrogens with one attached hydrogen (secondary N) is 1. The lowest BCUT2D eigenvalue weighted by atomic mass is 9.95. The summed E-state index contributed by atoms with van der Waals surface area (Å²) in [6.45, 7) is 10.2. The van der Waals surface area contributed by atoms with Gasteiger partial charge in [0.2, 0.25) is 11.8 Å². The fourth-order valence-corrected chi connectivity index (χ4v) is 2.42. The Bertz CT molecular complexity index is 326. The molecule has 0 aromatic rings. The van der Waals surface area contributed by atoms with Crippen LogP contribution in [0.4, 0.5) is 0 Å². The first-order chi connectivity index (χ1) is 8.52. The molecule has 0 radical (unpaired) electrons. The van der Waals surface area contributed by atoms with Crippen LogP contribution in [0.2, 0.25) is 0 Å². The largest absolute Gasteiger partial charge is 0.342 e. The van der Waals surface area contributed by atoms with Gasteiger partial charge in [0, 0.05) is 6.54 Å². The summed E-state index contributed by atoms with van der Waals surface area (Å²) >= 11 is 0. The van der Waals surface area contributed by atoms with Gasteiger partial charge >= 0.3 is 0 Å². The fourth-order valence-electron chi connectivity index (χ4n) is 2.42. The Morgan fingerprint density at radius 2 is 2.11 bits per heavy atom. The van der Waals surface area contributed by atoms with E-state index in [-0.39, 0.29) is 29.8 Å². The minimum absolute atomic E-state index is 0.0212. The van der Waals surface area contributed by atoms with Crippen molar-refractivity contribution in [3.05, 3.63) is 12.7 Å². The predicted molar refractivity (Wildman–Crippen MR) is 72.0 cm³/mol. The number of carbonyl (C=O) groups excluding carboxylic acids is 2. The molecule has 4 nitrogen and oxygen atoms in total. The van der Waals surface area contributed by atoms with Gasteiger partial charge in [-0.3, -0.25) is 9.59 Å². The van der Waals surface area contributed by atoms with Crippen LogP contribution in [0.25, 0.3) is 0 Å². The summed E-state index contributed by atoms with van der Waals surface area (Å²) in [6.07, 6.45) is 4.10. The summed E-state index contributed by atoms with van der Waals surface area (Å²) in [7, 11) is 0. The second-order valence-corrected chi connectivity index (χ2v) is 5.15. The fraction of sp³-hybridized carbons (Fsp3) is 0.714. The Hall–Kier alpha value is -1.32. The number of hydrogen-bond acceptors (Lipinski definition) is 2. The Balaban J connectivity index is 2.89. The van der Waals surface area contributed by atoms with Gasteiger partial charge in [-0.1, -0.05) is 33.3 Å². The third-order valence-corrected chi connectivity index (χ3v) is 3.29. The molecule has 0 aromatic carbocycles. The van der Waals surface area contributed by atoms with E-state index in [2.05, 4.69) is 11.9 Å². The van der Waals surface area contributed by atoms with E-state index in [1.54, 1.807) is 11.0 Å². The highest BCUT2D eigenvalue weighted by molar-refractivity contribution is 5.97. The summed E-state index contributed by atoms with van der Waals surface area (Å²) in [5, 5.41) is 2.85. The van der Waals surface area contributed by atoms with Crippen LogP contribution in [0.3, 0.4) is 0 Å². The molecular formula is C14H24N2O2. The van der Waals surface area contributed by atoms with E-state index in [0.29, 0.717) is 13.0 Å². The van der Waals surface area contributed by atoms with Crippen LogP contribution in [0.5, 0.6) is 0 Å². The van der Waals surface area contributed by atoms with Crippen LogP contribution in [-0.2, 0) is 9.59 Å². The second-order valence-electron chi connectivity index (χ2n) is 5.15. The van der Waals surface area contributed by atoms with Crippen molar-refractivity contribution in [2.75, 3.05) is 6.54 Å². The van der Waals surface area contributed by atoms with Crippen molar-refractivity contribution in [1.82, 2.24) is 10.2 Å². The van der Waals surface area contributed by atoms with Crippen molar-refractivity contribution < 1.29 is 9.59 Å². The van der Waals surface area contributed by atoms with Gasteiger partial charge in [0.15, 0.2) is 0 Å². The van der Waals surface area contributed by atoms with E-state index in [9.17, 15) is 9.59 Å². The molecule has 1 saturated heterocycles. The number of nitrogens with zero attached hydrogens (tertiary/aromatic N) is 1. The van der Waals surface area contributed by atoms with Gasteiger partial charge in [-0.2, -0.15) is 0 Å². The SMILES string of the molecule is C=CCCN1C(=O)C(CCC)NC(=O)C1C(C)C. The van der Waals surface area contributed by atoms with E-state index >= 15 is 0 Å². The van der Waals surface area contributed by atoms with Crippen LogP contribution >= 0.6 is 0 Å². The highest BCUT2D eigenvalue weighted by Crippen LogP contribution is 2.19. The van der Waals surface area contributed by atoms with E-state index in [1.807, 2.05) is 20.8 Å². The van der Waals surface area contributed by atoms with Crippen LogP contribution < -0.4 is 5.32 Å². The maximum absolute atomic E-state index is 12.4. The standard InChI is InChI=1S/C14H24N2O2/c1-5-7-9-16-12(10(3)4)13(17)15-11(8-6-2)14(16)18/h5,10-12H,1,6-9H2,2-4H3,(H,15,17). The van der Waals surface area contributed by atoms with Crippen molar-refractivity contribution in [3.63, 3.8) is 0 Å². The molecule has 0 spiro atoms. The molecule has 1 aliphatic rings. The lowest BCUT2D eigenvalue weighted by Gasteiger charge is -2.40. The van der Waals surface area contributed by atoms with Crippen LogP contribution in [-0.4, -0.2) is 35.3 Å². The van der Waals surface area contributed by atoms with Crippen LogP contribution in [0, 0.1) is 5.92 Å². The van der Waals surface area contributed by atoms with Crippen molar-refractivity contribution in [3.8, 4) is 0 Å². The topological polar surface area (TPSA) is 49.4 Å². The normalized spacial score (nSPS) is 24.3. The highest BCUT2D eigenvalue weighted by atomic mass is 16.2. The van der Waals surface area contributed by atoms with Crippen molar-refractivity contribution >= 4 is 11.8 Å². The van der Waals surface area contributed by atoms with Gasteiger partial charge in [-0.05, 0) is 18.8 Å². The molecule has 1 fully saturated rings. The summed E-state index contributed by atoms with van der Waals surface area (Å²) < 4.78 is 0. The Morgan fingerprint density at radius 3 is 2.61 bits per heavy atom. The molecule has 2 atom stereocenters. The molecule has 0 saturated carbocycles. The molecule has 0 bridgehead atoms. The molecular weight excluding hydrogens is 228 g/mol. The Labute approximate surface area is 109 Å². The molecule has 2 unspecified atom stereocenters. The second kappa shape index (κ2) is 6.57. The first-order valence-corrected chi connectivity index (χ1v) is 6.74. The van der Waals surface area contributed by atoms with Gasteiger partial charge in [-0.15, -0.1) is 6.58 Å². The lowest BCUT2D eigenvalue weighted by molar-refractivity contribution is -0.151. The molecule has 18 heavy (non-hydrogen) atoms. The monoisotopic (exact) mass is 252 g/mol. The molecule has 1 aliphatic heterocycles. The quantitative estimate of drug-likeness (QED) is 0.732. The third kappa shape index (κ3) is 3.12.